The molecule has 1 atom stereocenters. The number of rotatable bonds is 8. The maximum absolute atomic E-state index is 14.1. The Morgan fingerprint density at radius 2 is 1.90 bits per heavy atom. The summed E-state index contributed by atoms with van der Waals surface area (Å²) >= 11 is 1.15. The Morgan fingerprint density at radius 1 is 1.17 bits per heavy atom. The smallest absolute Gasteiger partial charge is 0.338 e. The highest BCUT2D eigenvalue weighted by Crippen LogP contribution is 2.36. The Morgan fingerprint density at radius 3 is 2.57 bits per heavy atom. The van der Waals surface area contributed by atoms with Crippen LogP contribution < -0.4 is 29.3 Å². The van der Waals surface area contributed by atoms with Gasteiger partial charge in [-0.1, -0.05) is 17.4 Å². The number of carbonyl (C=O) groups excluding carboxylic acids is 1. The molecule has 2 aliphatic rings. The van der Waals surface area contributed by atoms with Crippen LogP contribution in [0.4, 0.5) is 11.4 Å². The minimum atomic E-state index is -0.855. The molecule has 5 rings (SSSR count). The molecule has 1 saturated heterocycles. The predicted molar refractivity (Wildman–Crippen MR) is 156 cm³/mol. The molecule has 3 heterocycles. The van der Waals surface area contributed by atoms with Gasteiger partial charge in [-0.2, -0.15) is 0 Å². The van der Waals surface area contributed by atoms with Gasteiger partial charge in [0.25, 0.3) is 11.2 Å². The van der Waals surface area contributed by atoms with Gasteiger partial charge in [0.1, 0.15) is 0 Å². The lowest BCUT2D eigenvalue weighted by atomic mass is 9.95. The van der Waals surface area contributed by atoms with Crippen LogP contribution in [0.15, 0.2) is 57.5 Å². The number of allylic oxidation sites excluding steroid dienone is 1. The van der Waals surface area contributed by atoms with Crippen LogP contribution >= 0.6 is 11.3 Å². The highest BCUT2D eigenvalue weighted by Gasteiger charge is 2.34. The molecule has 1 aromatic heterocycles. The van der Waals surface area contributed by atoms with E-state index in [4.69, 9.17) is 18.9 Å². The number of nitrogens with zero attached hydrogens (tertiary/aromatic N) is 4. The fourth-order valence-corrected chi connectivity index (χ4v) is 6.17. The highest BCUT2D eigenvalue weighted by atomic mass is 32.1. The van der Waals surface area contributed by atoms with Gasteiger partial charge in [0.15, 0.2) is 16.3 Å². The summed E-state index contributed by atoms with van der Waals surface area (Å²) in [4.78, 5) is 45.5. The van der Waals surface area contributed by atoms with Crippen molar-refractivity contribution in [1.82, 2.24) is 4.57 Å². The molecule has 42 heavy (non-hydrogen) atoms. The van der Waals surface area contributed by atoms with Gasteiger partial charge in [-0.15, -0.1) is 0 Å². The first-order chi connectivity index (χ1) is 20.3. The van der Waals surface area contributed by atoms with E-state index in [0.717, 1.165) is 17.0 Å². The second-order valence-electron chi connectivity index (χ2n) is 9.52. The molecule has 0 spiro atoms. The van der Waals surface area contributed by atoms with Crippen LogP contribution in [0.1, 0.15) is 31.0 Å². The molecule has 0 radical (unpaired) electrons. The second kappa shape index (κ2) is 12.2. The number of benzene rings is 2. The normalized spacial score (nSPS) is 17.0. The Hall–Kier alpha value is -4.49. The zero-order valence-electron chi connectivity index (χ0n) is 23.6. The average Bonchev–Trinajstić information content (AvgIpc) is 3.30. The van der Waals surface area contributed by atoms with Gasteiger partial charge in [-0.3, -0.25) is 19.5 Å². The fourth-order valence-electron chi connectivity index (χ4n) is 5.13. The summed E-state index contributed by atoms with van der Waals surface area (Å²) in [6.07, 6.45) is 1.65. The monoisotopic (exact) mass is 594 g/mol. The largest absolute Gasteiger partial charge is 0.493 e. The number of nitro groups is 1. The first-order valence-electron chi connectivity index (χ1n) is 13.3. The molecule has 0 bridgehead atoms. The van der Waals surface area contributed by atoms with Crippen LogP contribution in [0.2, 0.25) is 0 Å². The standard InChI is InChI=1S/C29H30N4O8S/c1-5-41-28(35)25-17(2)30-29-32(26(25)18-6-9-22(38-3)23(15-18)39-4)27(34)24(42-29)16-19-14-20(33(36)37)7-8-21(19)31-10-12-40-13-11-31/h6-9,14-16,26H,5,10-13H2,1-4H3/b24-16-/t26-/m1/s1. The molecule has 1 fully saturated rings. The quantitative estimate of drug-likeness (QED) is 0.219. The lowest BCUT2D eigenvalue weighted by Gasteiger charge is -2.30. The van der Waals surface area contributed by atoms with Gasteiger partial charge < -0.3 is 23.8 Å². The third-order valence-corrected chi connectivity index (χ3v) is 8.08. The number of anilines is 1. The minimum absolute atomic E-state index is 0.0883. The average molecular weight is 595 g/mol. The summed E-state index contributed by atoms with van der Waals surface area (Å²) in [5.74, 6) is 0.344. The van der Waals surface area contributed by atoms with Gasteiger partial charge in [-0.25, -0.2) is 9.79 Å². The van der Waals surface area contributed by atoms with Crippen molar-refractivity contribution in [2.45, 2.75) is 19.9 Å². The van der Waals surface area contributed by atoms with Crippen molar-refractivity contribution in [2.24, 2.45) is 4.99 Å². The summed E-state index contributed by atoms with van der Waals surface area (Å²) in [6.45, 7) is 5.84. The molecule has 0 N–H and O–H groups in total. The number of fused-ring (bicyclic) bond motifs is 1. The molecule has 0 amide bonds. The van der Waals surface area contributed by atoms with Crippen LogP contribution in [0.3, 0.4) is 0 Å². The van der Waals surface area contributed by atoms with Crippen LogP contribution in [0.25, 0.3) is 6.08 Å². The Bertz CT molecular complexity index is 1750. The number of aromatic nitrogens is 1. The summed E-state index contributed by atoms with van der Waals surface area (Å²) in [5.41, 5.74) is 2.05. The lowest BCUT2D eigenvalue weighted by molar-refractivity contribution is -0.384. The first-order valence-corrected chi connectivity index (χ1v) is 14.1. The number of hydrogen-bond acceptors (Lipinski definition) is 11. The molecule has 2 aromatic carbocycles. The Balaban J connectivity index is 1.73. The second-order valence-corrected chi connectivity index (χ2v) is 10.5. The van der Waals surface area contributed by atoms with Crippen molar-refractivity contribution in [3.8, 4) is 11.5 Å². The molecule has 13 heteroatoms. The number of thiazole rings is 1. The molecule has 0 aliphatic carbocycles. The molecule has 220 valence electrons. The molecular weight excluding hydrogens is 564 g/mol. The number of ether oxygens (including phenoxy) is 4. The summed E-state index contributed by atoms with van der Waals surface area (Å²) in [5, 5.41) is 11.6. The number of morpholine rings is 1. The summed E-state index contributed by atoms with van der Waals surface area (Å²) < 4.78 is 23.5. The number of nitro benzene ring substituents is 1. The van der Waals surface area contributed by atoms with E-state index in [1.807, 2.05) is 0 Å². The zero-order valence-corrected chi connectivity index (χ0v) is 24.4. The van der Waals surface area contributed by atoms with E-state index in [9.17, 15) is 19.7 Å². The van der Waals surface area contributed by atoms with E-state index in [0.29, 0.717) is 64.0 Å². The zero-order chi connectivity index (χ0) is 30.0. The van der Waals surface area contributed by atoms with E-state index in [1.54, 1.807) is 44.2 Å². The van der Waals surface area contributed by atoms with Crippen LogP contribution in [0, 0.1) is 10.1 Å². The van der Waals surface area contributed by atoms with Gasteiger partial charge >= 0.3 is 5.97 Å². The Kier molecular flexibility index (Phi) is 8.41. The summed E-state index contributed by atoms with van der Waals surface area (Å²) in [7, 11) is 3.03. The molecule has 2 aliphatic heterocycles. The van der Waals surface area contributed by atoms with Crippen molar-refractivity contribution in [2.75, 3.05) is 52.0 Å². The summed E-state index contributed by atoms with van der Waals surface area (Å²) in [6, 6.07) is 8.95. The minimum Gasteiger partial charge on any atom is -0.493 e. The molecular formula is C29H30N4O8S. The van der Waals surface area contributed by atoms with Crippen molar-refractivity contribution < 1.29 is 28.7 Å². The molecule has 12 nitrogen and oxygen atoms in total. The molecule has 0 unspecified atom stereocenters. The maximum atomic E-state index is 14.1. The highest BCUT2D eigenvalue weighted by molar-refractivity contribution is 7.07. The number of esters is 1. The third kappa shape index (κ3) is 5.40. The van der Waals surface area contributed by atoms with E-state index in [1.165, 1.54) is 30.9 Å². The number of methoxy groups -OCH3 is 2. The van der Waals surface area contributed by atoms with E-state index >= 15 is 0 Å². The third-order valence-electron chi connectivity index (χ3n) is 7.10. The van der Waals surface area contributed by atoms with Crippen LogP contribution in [0.5, 0.6) is 11.5 Å². The fraction of sp³-hybridized carbons (Fsp3) is 0.345. The number of carbonyl (C=O) groups is 1. The van der Waals surface area contributed by atoms with Crippen molar-refractivity contribution >= 4 is 34.8 Å². The van der Waals surface area contributed by atoms with Gasteiger partial charge in [0.05, 0.1) is 60.8 Å². The van der Waals surface area contributed by atoms with E-state index in [2.05, 4.69) is 9.89 Å². The van der Waals surface area contributed by atoms with Crippen molar-refractivity contribution in [1.29, 1.82) is 0 Å². The topological polar surface area (TPSA) is 135 Å². The van der Waals surface area contributed by atoms with E-state index < -0.39 is 22.5 Å². The van der Waals surface area contributed by atoms with Gasteiger partial charge in [0.2, 0.25) is 0 Å². The molecule has 3 aromatic rings. The number of hydrogen-bond donors (Lipinski definition) is 0. The van der Waals surface area contributed by atoms with Crippen LogP contribution in [-0.4, -0.2) is 62.6 Å². The predicted octanol–water partition coefficient (Wildman–Crippen LogP) is 2.56. The van der Waals surface area contributed by atoms with Gasteiger partial charge in [0, 0.05) is 36.5 Å². The first kappa shape index (κ1) is 29.0. The molecule has 0 saturated carbocycles. The maximum Gasteiger partial charge on any atom is 0.338 e. The van der Waals surface area contributed by atoms with Crippen molar-refractivity contribution in [3.63, 3.8) is 0 Å². The van der Waals surface area contributed by atoms with Crippen LogP contribution in [-0.2, 0) is 14.3 Å². The van der Waals surface area contributed by atoms with E-state index in [-0.39, 0.29) is 17.9 Å². The van der Waals surface area contributed by atoms with Gasteiger partial charge in [-0.05, 0) is 43.7 Å². The SMILES string of the molecule is CCOC(=O)C1=C(C)N=c2s/c(=C\c3cc([N+](=O)[O-])ccc3N3CCOCC3)c(=O)n2[C@@H]1c1ccc(OC)c(OC)c1. The number of non-ortho nitro benzene ring substituents is 1. The van der Waals surface area contributed by atoms with Crippen molar-refractivity contribution in [3.05, 3.63) is 88.6 Å². The lowest BCUT2D eigenvalue weighted by Crippen LogP contribution is -2.40. The Labute approximate surface area is 244 Å².